The van der Waals surface area contributed by atoms with Crippen LogP contribution in [0, 0.1) is 0 Å². The topological polar surface area (TPSA) is 35.6 Å². The average molecular weight is 213 g/mol. The molecule has 1 atom stereocenters. The molecular formula is C11H23N3O. The number of hydrogen-bond donors (Lipinski definition) is 1. The summed E-state index contributed by atoms with van der Waals surface area (Å²) in [6.07, 6.45) is 2.16. The fourth-order valence-corrected chi connectivity index (χ4v) is 2.01. The maximum atomic E-state index is 11.7. The third-order valence-electron chi connectivity index (χ3n) is 2.85. The van der Waals surface area contributed by atoms with E-state index in [1.807, 2.05) is 6.92 Å². The fourth-order valence-electron chi connectivity index (χ4n) is 2.01. The van der Waals surface area contributed by atoms with Gasteiger partial charge in [-0.25, -0.2) is 0 Å². The van der Waals surface area contributed by atoms with E-state index in [2.05, 4.69) is 29.2 Å². The van der Waals surface area contributed by atoms with Crippen LogP contribution in [0.3, 0.4) is 0 Å². The zero-order valence-corrected chi connectivity index (χ0v) is 10.1. The van der Waals surface area contributed by atoms with Crippen molar-refractivity contribution in [3.05, 3.63) is 0 Å². The predicted octanol–water partition coefficient (Wildman–Crippen LogP) is 0.149. The van der Waals surface area contributed by atoms with Gasteiger partial charge in [0.1, 0.15) is 0 Å². The van der Waals surface area contributed by atoms with Crippen molar-refractivity contribution >= 4 is 5.91 Å². The Bertz CT molecular complexity index is 206. The van der Waals surface area contributed by atoms with Gasteiger partial charge in [-0.3, -0.25) is 9.69 Å². The van der Waals surface area contributed by atoms with Crippen LogP contribution in [0.2, 0.25) is 0 Å². The molecule has 0 saturated carbocycles. The zero-order valence-electron chi connectivity index (χ0n) is 10.1. The first-order valence-electron chi connectivity index (χ1n) is 5.81. The van der Waals surface area contributed by atoms with Crippen LogP contribution in [-0.2, 0) is 4.79 Å². The molecule has 1 amide bonds. The number of likely N-dealkylation sites (tertiary alicyclic amines) is 1. The van der Waals surface area contributed by atoms with Crippen LogP contribution < -0.4 is 5.32 Å². The third kappa shape index (κ3) is 3.80. The van der Waals surface area contributed by atoms with Crippen molar-refractivity contribution in [1.82, 2.24) is 15.1 Å². The summed E-state index contributed by atoms with van der Waals surface area (Å²) >= 11 is 0. The summed E-state index contributed by atoms with van der Waals surface area (Å²) in [7, 11) is 4.13. The third-order valence-corrected chi connectivity index (χ3v) is 2.85. The SMILES string of the molecule is CCNC(=O)C1CCCN1CCN(C)C. The van der Waals surface area contributed by atoms with Gasteiger partial charge < -0.3 is 10.2 Å². The highest BCUT2D eigenvalue weighted by Crippen LogP contribution is 2.16. The second-order valence-corrected chi connectivity index (χ2v) is 4.39. The lowest BCUT2D eigenvalue weighted by atomic mass is 10.2. The molecule has 4 heteroatoms. The monoisotopic (exact) mass is 213 g/mol. The molecule has 0 aromatic carbocycles. The van der Waals surface area contributed by atoms with E-state index in [-0.39, 0.29) is 11.9 Å². The number of likely N-dealkylation sites (N-methyl/N-ethyl adjacent to an activating group) is 2. The number of carbonyl (C=O) groups excluding carboxylic acids is 1. The highest BCUT2D eigenvalue weighted by atomic mass is 16.2. The summed E-state index contributed by atoms with van der Waals surface area (Å²) in [5.41, 5.74) is 0. The molecular weight excluding hydrogens is 190 g/mol. The molecule has 15 heavy (non-hydrogen) atoms. The van der Waals surface area contributed by atoms with Crippen LogP contribution in [-0.4, -0.2) is 62.0 Å². The largest absolute Gasteiger partial charge is 0.355 e. The Balaban J connectivity index is 2.38. The van der Waals surface area contributed by atoms with Gasteiger partial charge in [-0.05, 0) is 40.4 Å². The lowest BCUT2D eigenvalue weighted by Crippen LogP contribution is -2.45. The van der Waals surface area contributed by atoms with Gasteiger partial charge in [0.05, 0.1) is 6.04 Å². The number of nitrogens with zero attached hydrogens (tertiary/aromatic N) is 2. The molecule has 88 valence electrons. The van der Waals surface area contributed by atoms with Crippen LogP contribution in [0.5, 0.6) is 0 Å². The summed E-state index contributed by atoms with van der Waals surface area (Å²) in [6, 6.07) is 0.116. The van der Waals surface area contributed by atoms with Crippen molar-refractivity contribution in [2.45, 2.75) is 25.8 Å². The minimum absolute atomic E-state index is 0.116. The van der Waals surface area contributed by atoms with Gasteiger partial charge in [-0.1, -0.05) is 0 Å². The molecule has 1 rings (SSSR count). The molecule has 0 aliphatic carbocycles. The molecule has 1 N–H and O–H groups in total. The maximum absolute atomic E-state index is 11.7. The molecule has 1 unspecified atom stereocenters. The van der Waals surface area contributed by atoms with Crippen molar-refractivity contribution in [2.24, 2.45) is 0 Å². The molecule has 0 aromatic heterocycles. The average Bonchev–Trinajstić information content (AvgIpc) is 2.62. The van der Waals surface area contributed by atoms with Crippen molar-refractivity contribution < 1.29 is 4.79 Å². The Morgan fingerprint density at radius 3 is 2.87 bits per heavy atom. The Morgan fingerprint density at radius 1 is 1.53 bits per heavy atom. The number of nitrogens with one attached hydrogen (secondary N) is 1. The first kappa shape index (κ1) is 12.5. The van der Waals surface area contributed by atoms with E-state index in [9.17, 15) is 4.79 Å². The van der Waals surface area contributed by atoms with E-state index in [1.165, 1.54) is 0 Å². The minimum Gasteiger partial charge on any atom is -0.355 e. The quantitative estimate of drug-likeness (QED) is 0.706. The van der Waals surface area contributed by atoms with Gasteiger partial charge in [0.2, 0.25) is 5.91 Å². The predicted molar refractivity (Wildman–Crippen MR) is 61.8 cm³/mol. The Morgan fingerprint density at radius 2 is 2.27 bits per heavy atom. The fraction of sp³-hybridized carbons (Fsp3) is 0.909. The molecule has 4 nitrogen and oxygen atoms in total. The molecule has 1 fully saturated rings. The van der Waals surface area contributed by atoms with Crippen molar-refractivity contribution in [3.63, 3.8) is 0 Å². The van der Waals surface area contributed by atoms with Gasteiger partial charge in [-0.15, -0.1) is 0 Å². The Labute approximate surface area is 92.6 Å². The molecule has 0 bridgehead atoms. The standard InChI is InChI=1S/C11H23N3O/c1-4-12-11(15)10-6-5-7-14(10)9-8-13(2)3/h10H,4-9H2,1-3H3,(H,12,15). The molecule has 0 radical (unpaired) electrons. The molecule has 0 spiro atoms. The highest BCUT2D eigenvalue weighted by molar-refractivity contribution is 5.81. The lowest BCUT2D eigenvalue weighted by molar-refractivity contribution is -0.125. The molecule has 1 aliphatic heterocycles. The van der Waals surface area contributed by atoms with Gasteiger partial charge in [0.15, 0.2) is 0 Å². The van der Waals surface area contributed by atoms with E-state index in [1.54, 1.807) is 0 Å². The second-order valence-electron chi connectivity index (χ2n) is 4.39. The molecule has 0 aromatic rings. The summed E-state index contributed by atoms with van der Waals surface area (Å²) in [4.78, 5) is 16.2. The van der Waals surface area contributed by atoms with Crippen molar-refractivity contribution in [2.75, 3.05) is 40.3 Å². The van der Waals surface area contributed by atoms with Crippen LogP contribution in [0.4, 0.5) is 0 Å². The van der Waals surface area contributed by atoms with E-state index in [0.717, 1.165) is 39.0 Å². The summed E-state index contributed by atoms with van der Waals surface area (Å²) in [5, 5.41) is 2.91. The van der Waals surface area contributed by atoms with Crippen molar-refractivity contribution in [3.8, 4) is 0 Å². The van der Waals surface area contributed by atoms with Crippen LogP contribution in [0.15, 0.2) is 0 Å². The van der Waals surface area contributed by atoms with Crippen LogP contribution in [0.25, 0.3) is 0 Å². The van der Waals surface area contributed by atoms with E-state index in [4.69, 9.17) is 0 Å². The van der Waals surface area contributed by atoms with E-state index < -0.39 is 0 Å². The first-order valence-corrected chi connectivity index (χ1v) is 5.81. The van der Waals surface area contributed by atoms with Gasteiger partial charge in [0, 0.05) is 19.6 Å². The normalized spacial score (nSPS) is 22.3. The first-order chi connectivity index (χ1) is 7.15. The van der Waals surface area contributed by atoms with Gasteiger partial charge in [-0.2, -0.15) is 0 Å². The smallest absolute Gasteiger partial charge is 0.237 e. The van der Waals surface area contributed by atoms with E-state index >= 15 is 0 Å². The molecule has 1 aliphatic rings. The van der Waals surface area contributed by atoms with Crippen LogP contribution in [0.1, 0.15) is 19.8 Å². The number of carbonyl (C=O) groups is 1. The zero-order chi connectivity index (χ0) is 11.3. The Kier molecular flexibility index (Phi) is 5.05. The molecule has 1 saturated heterocycles. The Hall–Kier alpha value is -0.610. The number of hydrogen-bond acceptors (Lipinski definition) is 3. The second kappa shape index (κ2) is 6.08. The number of rotatable bonds is 5. The summed E-state index contributed by atoms with van der Waals surface area (Å²) < 4.78 is 0. The number of amides is 1. The minimum atomic E-state index is 0.116. The maximum Gasteiger partial charge on any atom is 0.237 e. The summed E-state index contributed by atoms with van der Waals surface area (Å²) in [6.45, 7) is 5.79. The van der Waals surface area contributed by atoms with Gasteiger partial charge >= 0.3 is 0 Å². The highest BCUT2D eigenvalue weighted by Gasteiger charge is 2.29. The van der Waals surface area contributed by atoms with E-state index in [0.29, 0.717) is 0 Å². The lowest BCUT2D eigenvalue weighted by Gasteiger charge is -2.24. The van der Waals surface area contributed by atoms with Crippen LogP contribution >= 0.6 is 0 Å². The van der Waals surface area contributed by atoms with Gasteiger partial charge in [0.25, 0.3) is 0 Å². The molecule has 1 heterocycles. The van der Waals surface area contributed by atoms with Crippen molar-refractivity contribution in [1.29, 1.82) is 0 Å². The summed E-state index contributed by atoms with van der Waals surface area (Å²) in [5.74, 6) is 0.203.